The van der Waals surface area contributed by atoms with E-state index in [9.17, 15) is 0 Å². The van der Waals surface area contributed by atoms with Crippen LogP contribution in [0.5, 0.6) is 5.88 Å². The molecule has 0 aliphatic rings. The van der Waals surface area contributed by atoms with Crippen LogP contribution in [0.3, 0.4) is 0 Å². The van der Waals surface area contributed by atoms with E-state index in [1.165, 1.54) is 12.3 Å². The third-order valence-corrected chi connectivity index (χ3v) is 2.91. The first kappa shape index (κ1) is 8.72. The van der Waals surface area contributed by atoms with Crippen LogP contribution in [0.25, 0.3) is 11.0 Å². The van der Waals surface area contributed by atoms with E-state index in [0.29, 0.717) is 20.5 Å². The molecule has 0 bridgehead atoms. The van der Waals surface area contributed by atoms with Crippen molar-refractivity contribution in [2.24, 2.45) is 0 Å². The van der Waals surface area contributed by atoms with Crippen molar-refractivity contribution in [3.05, 3.63) is 27.8 Å². The minimum atomic E-state index is -0.0442. The van der Waals surface area contributed by atoms with Gasteiger partial charge in [-0.1, -0.05) is 11.6 Å². The average Bonchev–Trinajstić information content (AvgIpc) is 2.12. The maximum absolute atomic E-state index is 9.14. The lowest BCUT2D eigenvalue weighted by Crippen LogP contribution is -1.84. The molecule has 0 amide bonds. The van der Waals surface area contributed by atoms with Gasteiger partial charge in [-0.05, 0) is 22.0 Å². The van der Waals surface area contributed by atoms with Crippen molar-refractivity contribution in [1.29, 1.82) is 0 Å². The number of halogens is 2. The Balaban J connectivity index is 2.89. The minimum absolute atomic E-state index is 0.0442. The summed E-state index contributed by atoms with van der Waals surface area (Å²) in [7, 11) is 0. The standard InChI is InChI=1S/C8H4BrClN2O/c9-7-4(10)3-11-5-1-2-6(13)12-8(5)7/h1-3H,(H,12,13). The molecule has 2 rings (SSSR count). The van der Waals surface area contributed by atoms with Crippen LogP contribution < -0.4 is 0 Å². The van der Waals surface area contributed by atoms with E-state index in [0.717, 1.165) is 0 Å². The zero-order valence-corrected chi connectivity index (χ0v) is 8.67. The van der Waals surface area contributed by atoms with Gasteiger partial charge in [0.05, 0.1) is 15.0 Å². The molecule has 5 heteroatoms. The highest BCUT2D eigenvalue weighted by Crippen LogP contribution is 2.28. The van der Waals surface area contributed by atoms with Gasteiger partial charge in [-0.15, -0.1) is 0 Å². The molecule has 0 fully saturated rings. The van der Waals surface area contributed by atoms with Gasteiger partial charge in [0.15, 0.2) is 0 Å². The monoisotopic (exact) mass is 258 g/mol. The van der Waals surface area contributed by atoms with E-state index in [1.807, 2.05) is 0 Å². The predicted octanol–water partition coefficient (Wildman–Crippen LogP) is 2.75. The first-order chi connectivity index (χ1) is 6.18. The molecule has 66 valence electrons. The number of fused-ring (bicyclic) bond motifs is 1. The summed E-state index contributed by atoms with van der Waals surface area (Å²) < 4.78 is 0.648. The Bertz CT molecular complexity index is 470. The fourth-order valence-corrected chi connectivity index (χ4v) is 1.54. The Labute approximate surface area is 87.5 Å². The predicted molar refractivity (Wildman–Crippen MR) is 53.9 cm³/mol. The van der Waals surface area contributed by atoms with Gasteiger partial charge in [0.1, 0.15) is 5.52 Å². The lowest BCUT2D eigenvalue weighted by molar-refractivity contribution is 0.455. The largest absolute Gasteiger partial charge is 0.493 e. The highest BCUT2D eigenvalue weighted by atomic mass is 79.9. The molecule has 3 nitrogen and oxygen atoms in total. The van der Waals surface area contributed by atoms with Crippen molar-refractivity contribution in [2.45, 2.75) is 0 Å². The molecule has 0 aliphatic carbocycles. The van der Waals surface area contributed by atoms with E-state index >= 15 is 0 Å². The Hall–Kier alpha value is -0.870. The van der Waals surface area contributed by atoms with Crippen LogP contribution in [0.2, 0.25) is 5.02 Å². The maximum atomic E-state index is 9.14. The van der Waals surface area contributed by atoms with Crippen LogP contribution in [-0.2, 0) is 0 Å². The van der Waals surface area contributed by atoms with Gasteiger partial charge in [-0.2, -0.15) is 0 Å². The number of hydrogen-bond acceptors (Lipinski definition) is 3. The Morgan fingerprint density at radius 1 is 1.38 bits per heavy atom. The van der Waals surface area contributed by atoms with E-state index in [1.54, 1.807) is 6.07 Å². The van der Waals surface area contributed by atoms with E-state index in [-0.39, 0.29) is 5.88 Å². The first-order valence-corrected chi connectivity index (χ1v) is 4.65. The number of aromatic nitrogens is 2. The van der Waals surface area contributed by atoms with E-state index in [4.69, 9.17) is 16.7 Å². The first-order valence-electron chi connectivity index (χ1n) is 3.48. The highest BCUT2D eigenvalue weighted by Gasteiger charge is 2.06. The number of aromatic hydroxyl groups is 1. The number of pyridine rings is 2. The maximum Gasteiger partial charge on any atom is 0.211 e. The van der Waals surface area contributed by atoms with Crippen molar-refractivity contribution >= 4 is 38.6 Å². The van der Waals surface area contributed by atoms with Crippen LogP contribution in [0, 0.1) is 0 Å². The van der Waals surface area contributed by atoms with E-state index < -0.39 is 0 Å². The van der Waals surface area contributed by atoms with Crippen LogP contribution in [0.1, 0.15) is 0 Å². The van der Waals surface area contributed by atoms with Crippen molar-refractivity contribution in [2.75, 3.05) is 0 Å². The van der Waals surface area contributed by atoms with Crippen molar-refractivity contribution < 1.29 is 5.11 Å². The lowest BCUT2D eigenvalue weighted by atomic mass is 10.3. The topological polar surface area (TPSA) is 46.0 Å². The summed E-state index contributed by atoms with van der Waals surface area (Å²) >= 11 is 9.08. The summed E-state index contributed by atoms with van der Waals surface area (Å²) in [5.74, 6) is -0.0442. The molecule has 1 N–H and O–H groups in total. The fourth-order valence-electron chi connectivity index (χ4n) is 1.00. The van der Waals surface area contributed by atoms with Crippen molar-refractivity contribution in [3.63, 3.8) is 0 Å². The second-order valence-corrected chi connectivity index (χ2v) is 3.66. The van der Waals surface area contributed by atoms with Crippen LogP contribution in [0.4, 0.5) is 0 Å². The second kappa shape index (κ2) is 3.12. The van der Waals surface area contributed by atoms with Gasteiger partial charge in [0.25, 0.3) is 0 Å². The summed E-state index contributed by atoms with van der Waals surface area (Å²) in [5.41, 5.74) is 1.25. The summed E-state index contributed by atoms with van der Waals surface area (Å²) in [6, 6.07) is 3.16. The van der Waals surface area contributed by atoms with Crippen molar-refractivity contribution in [3.8, 4) is 5.88 Å². The molecule has 0 aromatic carbocycles. The number of rotatable bonds is 0. The fraction of sp³-hybridized carbons (Fsp3) is 0. The molecule has 0 spiro atoms. The molecule has 0 aliphatic heterocycles. The smallest absolute Gasteiger partial charge is 0.211 e. The van der Waals surface area contributed by atoms with Gasteiger partial charge in [-0.25, -0.2) is 4.98 Å². The molecule has 2 aromatic heterocycles. The van der Waals surface area contributed by atoms with Gasteiger partial charge in [0, 0.05) is 12.3 Å². The number of hydrogen-bond donors (Lipinski definition) is 1. The number of nitrogens with zero attached hydrogens (tertiary/aromatic N) is 2. The zero-order valence-electron chi connectivity index (χ0n) is 6.33. The summed E-state index contributed by atoms with van der Waals surface area (Å²) in [6.45, 7) is 0. The molecule has 13 heavy (non-hydrogen) atoms. The van der Waals surface area contributed by atoms with Gasteiger partial charge in [-0.3, -0.25) is 4.98 Å². The second-order valence-electron chi connectivity index (χ2n) is 2.46. The summed E-state index contributed by atoms with van der Waals surface area (Å²) in [4.78, 5) is 7.94. The van der Waals surface area contributed by atoms with Crippen LogP contribution >= 0.6 is 27.5 Å². The quantitative estimate of drug-likeness (QED) is 0.791. The highest BCUT2D eigenvalue weighted by molar-refractivity contribution is 9.10. The molecular formula is C8H4BrClN2O. The average molecular weight is 259 g/mol. The Kier molecular flexibility index (Phi) is 2.09. The summed E-state index contributed by atoms with van der Waals surface area (Å²) in [6.07, 6.45) is 1.53. The molecule has 0 unspecified atom stereocenters. The molecule has 2 heterocycles. The minimum Gasteiger partial charge on any atom is -0.493 e. The normalized spacial score (nSPS) is 10.6. The van der Waals surface area contributed by atoms with Gasteiger partial charge >= 0.3 is 0 Å². The van der Waals surface area contributed by atoms with E-state index in [2.05, 4.69) is 25.9 Å². The lowest BCUT2D eigenvalue weighted by Gasteiger charge is -2.00. The van der Waals surface area contributed by atoms with Crippen LogP contribution in [-0.4, -0.2) is 15.1 Å². The third-order valence-electron chi connectivity index (χ3n) is 1.59. The van der Waals surface area contributed by atoms with Crippen LogP contribution in [0.15, 0.2) is 22.8 Å². The SMILES string of the molecule is Oc1ccc2ncc(Cl)c(Br)c2n1. The molecule has 0 saturated heterocycles. The summed E-state index contributed by atoms with van der Waals surface area (Å²) in [5, 5.41) is 9.62. The third kappa shape index (κ3) is 1.47. The van der Waals surface area contributed by atoms with Gasteiger partial charge < -0.3 is 5.11 Å². The Morgan fingerprint density at radius 3 is 2.92 bits per heavy atom. The molecular weight excluding hydrogens is 255 g/mol. The zero-order chi connectivity index (χ0) is 9.42. The van der Waals surface area contributed by atoms with Crippen molar-refractivity contribution in [1.82, 2.24) is 9.97 Å². The molecule has 2 aromatic rings. The molecule has 0 atom stereocenters. The molecule has 0 saturated carbocycles. The Morgan fingerprint density at radius 2 is 2.15 bits per heavy atom. The van der Waals surface area contributed by atoms with Gasteiger partial charge in [0.2, 0.25) is 5.88 Å². The molecule has 0 radical (unpaired) electrons.